The molecule has 5 nitrogen and oxygen atoms in total. The van der Waals surface area contributed by atoms with Crippen LogP contribution in [-0.4, -0.2) is 39.7 Å². The Morgan fingerprint density at radius 1 is 0.958 bits per heavy atom. The zero-order chi connectivity index (χ0) is 17.4. The number of ether oxygens (including phenoxy) is 4. The maximum atomic E-state index is 12.1. The minimum atomic E-state index is -0.433. The second kappa shape index (κ2) is 9.08. The molecule has 24 heavy (non-hydrogen) atoms. The molecule has 0 aromatic heterocycles. The molecule has 6 heteroatoms. The van der Waals surface area contributed by atoms with Gasteiger partial charge in [0.05, 0.1) is 14.2 Å². The quantitative estimate of drug-likeness (QED) is 0.412. The number of hydrogen-bond donors (Lipinski definition) is 0. The van der Waals surface area contributed by atoms with Crippen molar-refractivity contribution in [2.24, 2.45) is 0 Å². The van der Waals surface area contributed by atoms with E-state index in [2.05, 4.69) is 0 Å². The van der Waals surface area contributed by atoms with Gasteiger partial charge in [0.25, 0.3) is 0 Å². The number of carbonyl (C=O) groups excluding carboxylic acids is 1. The van der Waals surface area contributed by atoms with Crippen LogP contribution in [0.2, 0.25) is 0 Å². The molecule has 128 valence electrons. The zero-order valence-corrected chi connectivity index (χ0v) is 14.7. The minimum absolute atomic E-state index is 0.151. The molecule has 0 fully saturated rings. The highest BCUT2D eigenvalue weighted by Crippen LogP contribution is 2.26. The van der Waals surface area contributed by atoms with Crippen LogP contribution in [0.1, 0.15) is 10.4 Å². The minimum Gasteiger partial charge on any atom is -0.497 e. The Morgan fingerprint density at radius 2 is 1.67 bits per heavy atom. The summed E-state index contributed by atoms with van der Waals surface area (Å²) in [7, 11) is 3.14. The lowest BCUT2D eigenvalue weighted by Crippen LogP contribution is -2.13. The molecule has 0 aliphatic heterocycles. The van der Waals surface area contributed by atoms with Crippen LogP contribution < -0.4 is 14.2 Å². The van der Waals surface area contributed by atoms with Crippen LogP contribution in [0.15, 0.2) is 47.4 Å². The van der Waals surface area contributed by atoms with Crippen LogP contribution in [0.4, 0.5) is 0 Å². The fourth-order valence-electron chi connectivity index (χ4n) is 2.01. The highest BCUT2D eigenvalue weighted by molar-refractivity contribution is 7.98. The lowest BCUT2D eigenvalue weighted by atomic mass is 10.2. The molecule has 0 amide bonds. The summed E-state index contributed by atoms with van der Waals surface area (Å²) in [6.07, 6.45) is 1.96. The van der Waals surface area contributed by atoms with E-state index in [9.17, 15) is 4.79 Å². The lowest BCUT2D eigenvalue weighted by Gasteiger charge is -2.11. The van der Waals surface area contributed by atoms with Crippen molar-refractivity contribution in [3.05, 3.63) is 48.0 Å². The third kappa shape index (κ3) is 4.83. The van der Waals surface area contributed by atoms with Crippen molar-refractivity contribution in [2.75, 3.05) is 33.7 Å². The summed E-state index contributed by atoms with van der Waals surface area (Å²) in [5.74, 6) is 1.52. The molecule has 0 saturated heterocycles. The molecular weight excluding hydrogens is 328 g/mol. The van der Waals surface area contributed by atoms with Gasteiger partial charge >= 0.3 is 5.97 Å². The first-order valence-corrected chi connectivity index (χ1v) is 8.56. The Labute approximate surface area is 145 Å². The van der Waals surface area contributed by atoms with E-state index in [4.69, 9.17) is 18.9 Å². The van der Waals surface area contributed by atoms with Gasteiger partial charge in [0.1, 0.15) is 36.0 Å². The van der Waals surface area contributed by atoms with E-state index in [1.54, 1.807) is 49.2 Å². The van der Waals surface area contributed by atoms with Crippen LogP contribution in [0.3, 0.4) is 0 Å². The number of benzene rings is 2. The second-order valence-electron chi connectivity index (χ2n) is 4.73. The van der Waals surface area contributed by atoms with Crippen LogP contribution in [0.5, 0.6) is 17.2 Å². The topological polar surface area (TPSA) is 54.0 Å². The van der Waals surface area contributed by atoms with E-state index in [1.807, 2.05) is 18.4 Å². The molecule has 0 heterocycles. The van der Waals surface area contributed by atoms with E-state index in [0.29, 0.717) is 17.1 Å². The van der Waals surface area contributed by atoms with E-state index < -0.39 is 5.97 Å². The molecule has 0 saturated carbocycles. The van der Waals surface area contributed by atoms with Gasteiger partial charge in [0.15, 0.2) is 0 Å². The maximum Gasteiger partial charge on any atom is 0.342 e. The van der Waals surface area contributed by atoms with Gasteiger partial charge in [-0.2, -0.15) is 0 Å². The lowest BCUT2D eigenvalue weighted by molar-refractivity contribution is 0.0447. The Balaban J connectivity index is 1.84. The molecule has 0 radical (unpaired) electrons. The summed E-state index contributed by atoms with van der Waals surface area (Å²) in [5.41, 5.74) is 0.403. The predicted octanol–water partition coefficient (Wildman–Crippen LogP) is 3.66. The van der Waals surface area contributed by atoms with Crippen LogP contribution >= 0.6 is 11.8 Å². The first kappa shape index (κ1) is 18.0. The average Bonchev–Trinajstić information content (AvgIpc) is 2.64. The van der Waals surface area contributed by atoms with Gasteiger partial charge in [0, 0.05) is 4.90 Å². The van der Waals surface area contributed by atoms with E-state index in [1.165, 1.54) is 7.11 Å². The molecule has 0 unspecified atom stereocenters. The molecule has 0 bridgehead atoms. The van der Waals surface area contributed by atoms with Gasteiger partial charge in [-0.25, -0.2) is 4.79 Å². The molecule has 0 aliphatic carbocycles. The van der Waals surface area contributed by atoms with Gasteiger partial charge in [-0.05, 0) is 48.7 Å². The maximum absolute atomic E-state index is 12.1. The Hall–Kier alpha value is -2.34. The van der Waals surface area contributed by atoms with Crippen LogP contribution in [-0.2, 0) is 4.74 Å². The summed E-state index contributed by atoms with van der Waals surface area (Å²) in [4.78, 5) is 13.2. The summed E-state index contributed by atoms with van der Waals surface area (Å²) < 4.78 is 21.1. The number of carbonyl (C=O) groups is 1. The smallest absolute Gasteiger partial charge is 0.342 e. The normalized spacial score (nSPS) is 10.1. The van der Waals surface area contributed by atoms with Crippen molar-refractivity contribution in [3.63, 3.8) is 0 Å². The second-order valence-corrected chi connectivity index (χ2v) is 5.61. The van der Waals surface area contributed by atoms with Gasteiger partial charge in [-0.1, -0.05) is 0 Å². The number of rotatable bonds is 8. The van der Waals surface area contributed by atoms with Gasteiger partial charge in [0.2, 0.25) is 0 Å². The standard InChI is InChI=1S/C18H20O5S/c1-20-13-4-6-14(7-5-13)22-10-11-23-18(19)16-9-8-15(24-3)12-17(16)21-2/h4-9,12H,10-11H2,1-3H3. The van der Waals surface area contributed by atoms with Gasteiger partial charge in [-0.3, -0.25) is 0 Å². The predicted molar refractivity (Wildman–Crippen MR) is 93.5 cm³/mol. The first-order chi connectivity index (χ1) is 11.7. The summed E-state index contributed by atoms with van der Waals surface area (Å²) in [6, 6.07) is 12.6. The fraction of sp³-hybridized carbons (Fsp3) is 0.278. The molecule has 2 rings (SSSR count). The number of esters is 1. The molecule has 0 spiro atoms. The Bertz CT molecular complexity index is 670. The Kier molecular flexibility index (Phi) is 6.81. The highest BCUT2D eigenvalue weighted by Gasteiger charge is 2.14. The van der Waals surface area contributed by atoms with Crippen molar-refractivity contribution in [2.45, 2.75) is 4.90 Å². The van der Waals surface area contributed by atoms with Gasteiger partial charge in [-0.15, -0.1) is 11.8 Å². The van der Waals surface area contributed by atoms with Crippen molar-refractivity contribution in [1.29, 1.82) is 0 Å². The number of methoxy groups -OCH3 is 2. The summed E-state index contributed by atoms with van der Waals surface area (Å²) >= 11 is 1.58. The third-order valence-corrected chi connectivity index (χ3v) is 4.00. The number of hydrogen-bond acceptors (Lipinski definition) is 6. The largest absolute Gasteiger partial charge is 0.497 e. The van der Waals surface area contributed by atoms with Crippen molar-refractivity contribution in [3.8, 4) is 17.2 Å². The first-order valence-electron chi connectivity index (χ1n) is 7.34. The molecule has 0 aliphatic rings. The van der Waals surface area contributed by atoms with Crippen LogP contribution in [0, 0.1) is 0 Å². The zero-order valence-electron chi connectivity index (χ0n) is 13.9. The average molecular weight is 348 g/mol. The van der Waals surface area contributed by atoms with Crippen molar-refractivity contribution in [1.82, 2.24) is 0 Å². The van der Waals surface area contributed by atoms with Crippen molar-refractivity contribution < 1.29 is 23.7 Å². The Morgan fingerprint density at radius 3 is 2.29 bits per heavy atom. The molecule has 0 N–H and O–H groups in total. The van der Waals surface area contributed by atoms with Crippen molar-refractivity contribution >= 4 is 17.7 Å². The monoisotopic (exact) mass is 348 g/mol. The van der Waals surface area contributed by atoms with E-state index in [-0.39, 0.29) is 13.2 Å². The summed E-state index contributed by atoms with van der Waals surface area (Å²) in [5, 5.41) is 0. The van der Waals surface area contributed by atoms with Crippen LogP contribution in [0.25, 0.3) is 0 Å². The summed E-state index contributed by atoms with van der Waals surface area (Å²) in [6.45, 7) is 0.418. The highest BCUT2D eigenvalue weighted by atomic mass is 32.2. The molecular formula is C18H20O5S. The number of thioether (sulfide) groups is 1. The molecule has 2 aromatic rings. The molecule has 2 aromatic carbocycles. The van der Waals surface area contributed by atoms with Gasteiger partial charge < -0.3 is 18.9 Å². The fourth-order valence-corrected chi connectivity index (χ4v) is 2.44. The van der Waals surface area contributed by atoms with E-state index in [0.717, 1.165) is 10.6 Å². The van der Waals surface area contributed by atoms with E-state index >= 15 is 0 Å². The third-order valence-electron chi connectivity index (χ3n) is 3.27. The SMILES string of the molecule is COc1ccc(OCCOC(=O)c2ccc(SC)cc2OC)cc1. The molecule has 0 atom stereocenters.